The normalized spacial score (nSPS) is 17.1. The van der Waals surface area contributed by atoms with Crippen LogP contribution in [0.1, 0.15) is 59.7 Å². The van der Waals surface area contributed by atoms with Gasteiger partial charge in [0.1, 0.15) is 21.0 Å². The smallest absolute Gasteiger partial charge is 0.270 e. The molecule has 0 spiro atoms. The Kier molecular flexibility index (Phi) is 8.52. The number of rotatable bonds is 11. The molecule has 0 bridgehead atoms. The molecule has 9 nitrogen and oxygen atoms in total. The van der Waals surface area contributed by atoms with Gasteiger partial charge >= 0.3 is 0 Å². The molecule has 14 heteroatoms. The van der Waals surface area contributed by atoms with E-state index in [4.69, 9.17) is 0 Å². The van der Waals surface area contributed by atoms with Crippen molar-refractivity contribution in [3.8, 4) is 11.1 Å². The Morgan fingerprint density at radius 1 is 1.18 bits per heavy atom. The zero-order chi connectivity index (χ0) is 28.8. The molecule has 40 heavy (non-hydrogen) atoms. The first-order valence-electron chi connectivity index (χ1n) is 13.2. The molecule has 1 unspecified atom stereocenters. The number of carbonyl (C=O) groups excluding carboxylic acids is 2. The molecule has 214 valence electrons. The first-order valence-corrected chi connectivity index (χ1v) is 15.1. The van der Waals surface area contributed by atoms with Crippen molar-refractivity contribution in [3.05, 3.63) is 47.4 Å². The predicted molar refractivity (Wildman–Crippen MR) is 165 cm³/mol. The van der Waals surface area contributed by atoms with E-state index in [0.29, 0.717) is 41.0 Å². The molecule has 2 fully saturated rings. The maximum absolute atomic E-state index is 15.4. The van der Waals surface area contributed by atoms with Crippen molar-refractivity contribution in [3.63, 3.8) is 0 Å². The lowest BCUT2D eigenvalue weighted by atomic mass is 9.88. The van der Waals surface area contributed by atoms with E-state index >= 15 is 4.39 Å². The summed E-state index contributed by atoms with van der Waals surface area (Å²) in [5.74, 6) is -0.759. The lowest BCUT2D eigenvalue weighted by Gasteiger charge is -2.27. The Hall–Kier alpha value is -2.16. The third kappa shape index (κ3) is 6.19. The summed E-state index contributed by atoms with van der Waals surface area (Å²) < 4.78 is 15.9. The van der Waals surface area contributed by atoms with E-state index in [-0.39, 0.29) is 23.2 Å². The molecular formula is C26H32FN7O2S4. The van der Waals surface area contributed by atoms with Crippen LogP contribution in [0, 0.1) is 30.6 Å². The van der Waals surface area contributed by atoms with Crippen LogP contribution in [0.2, 0.25) is 0 Å². The van der Waals surface area contributed by atoms with Gasteiger partial charge in [0, 0.05) is 29.6 Å². The Labute approximate surface area is 253 Å². The zero-order valence-electron chi connectivity index (χ0n) is 22.0. The van der Waals surface area contributed by atoms with E-state index in [0.717, 1.165) is 25.7 Å². The number of nitrogens with one attached hydrogen (secondary N) is 3. The van der Waals surface area contributed by atoms with Gasteiger partial charge < -0.3 is 10.6 Å². The number of carbonyl (C=O) groups is 2. The standard InChI is InChI=1S/C26H32FN7O2S4/c1-3-34-16(10-11-28-34)24(35)31-21(19(13-4-5-13)14-6-7-14)25(36)30-17-9-8-15(23(27)29-17)18-12(2)32-33-20(18)22(37)26(38,39)40/h8-11,13-14,19,21-22,37-40H,3-7H2,1-2H3,(H,31,35)(H,32,33)(H,29,30,36)/t21-,22?/m0/s1. The molecule has 3 aromatic rings. The summed E-state index contributed by atoms with van der Waals surface area (Å²) in [6.07, 6.45) is 5.67. The molecule has 2 amide bonds. The molecule has 5 rings (SSSR count). The number of pyridine rings is 1. The van der Waals surface area contributed by atoms with Gasteiger partial charge in [-0.2, -0.15) is 27.2 Å². The molecule has 0 radical (unpaired) electrons. The van der Waals surface area contributed by atoms with Gasteiger partial charge in [0.15, 0.2) is 0 Å². The van der Waals surface area contributed by atoms with Gasteiger partial charge in [-0.05, 0) is 75.5 Å². The van der Waals surface area contributed by atoms with Gasteiger partial charge in [-0.15, -0.1) is 37.9 Å². The van der Waals surface area contributed by atoms with Gasteiger partial charge in [-0.25, -0.2) is 4.98 Å². The molecule has 2 saturated carbocycles. The van der Waals surface area contributed by atoms with Crippen LogP contribution >= 0.6 is 50.5 Å². The van der Waals surface area contributed by atoms with E-state index in [1.165, 1.54) is 12.1 Å². The minimum absolute atomic E-state index is 0.0125. The molecule has 0 aliphatic heterocycles. The summed E-state index contributed by atoms with van der Waals surface area (Å²) >= 11 is 17.6. The lowest BCUT2D eigenvalue weighted by molar-refractivity contribution is -0.119. The highest BCUT2D eigenvalue weighted by Gasteiger charge is 2.48. The topological polar surface area (TPSA) is 118 Å². The molecule has 0 saturated heterocycles. The van der Waals surface area contributed by atoms with Gasteiger partial charge in [-0.1, -0.05) is 0 Å². The molecule has 3 heterocycles. The van der Waals surface area contributed by atoms with Crippen LogP contribution in [-0.2, 0) is 11.3 Å². The molecular weight excluding hydrogens is 590 g/mol. The molecule has 2 aliphatic carbocycles. The van der Waals surface area contributed by atoms with E-state index in [9.17, 15) is 9.59 Å². The monoisotopic (exact) mass is 621 g/mol. The van der Waals surface area contributed by atoms with Gasteiger partial charge in [0.2, 0.25) is 11.9 Å². The lowest BCUT2D eigenvalue weighted by Crippen LogP contribution is -2.50. The molecule has 3 aromatic heterocycles. The summed E-state index contributed by atoms with van der Waals surface area (Å²) in [6, 6.07) is 3.92. The fraction of sp³-hybridized carbons (Fsp3) is 0.500. The van der Waals surface area contributed by atoms with Crippen molar-refractivity contribution in [1.29, 1.82) is 0 Å². The SMILES string of the molecule is CCn1nccc1C(=O)N[C@H](C(=O)Nc1ccc(-c2c(C(S)C(S)(S)S)n[nH]c2C)c(F)n1)C(C1CC1)C1CC1. The van der Waals surface area contributed by atoms with Crippen molar-refractivity contribution in [1.82, 2.24) is 30.3 Å². The summed E-state index contributed by atoms with van der Waals surface area (Å²) in [5, 5.41) is 16.4. The van der Waals surface area contributed by atoms with Crippen LogP contribution in [0.15, 0.2) is 24.4 Å². The predicted octanol–water partition coefficient (Wildman–Crippen LogP) is 4.72. The number of aromatic amines is 1. The Balaban J connectivity index is 1.39. The Morgan fingerprint density at radius 3 is 2.42 bits per heavy atom. The molecule has 0 aromatic carbocycles. The third-order valence-corrected chi connectivity index (χ3v) is 9.52. The number of thiol groups is 4. The summed E-state index contributed by atoms with van der Waals surface area (Å²) in [5.41, 5.74) is 2.08. The fourth-order valence-corrected chi connectivity index (χ4v) is 5.84. The van der Waals surface area contributed by atoms with Crippen molar-refractivity contribution < 1.29 is 14.0 Å². The number of aryl methyl sites for hydroxylation is 2. The largest absolute Gasteiger partial charge is 0.339 e. The minimum Gasteiger partial charge on any atom is -0.339 e. The maximum Gasteiger partial charge on any atom is 0.270 e. The average molecular weight is 622 g/mol. The number of amides is 2. The molecule has 3 N–H and O–H groups in total. The van der Waals surface area contributed by atoms with Crippen molar-refractivity contribution in [2.75, 3.05) is 5.32 Å². The first-order chi connectivity index (χ1) is 19.0. The number of aromatic nitrogens is 5. The highest BCUT2D eigenvalue weighted by molar-refractivity contribution is 8.17. The van der Waals surface area contributed by atoms with Gasteiger partial charge in [0.05, 0.1) is 10.9 Å². The third-order valence-electron chi connectivity index (χ3n) is 7.51. The number of halogens is 1. The van der Waals surface area contributed by atoms with Crippen molar-refractivity contribution >= 4 is 68.1 Å². The van der Waals surface area contributed by atoms with Crippen molar-refractivity contribution in [2.45, 2.75) is 60.8 Å². The van der Waals surface area contributed by atoms with Crippen LogP contribution in [-0.4, -0.2) is 46.2 Å². The minimum atomic E-state index is -1.12. The second kappa shape index (κ2) is 11.6. The van der Waals surface area contributed by atoms with Crippen LogP contribution in [0.5, 0.6) is 0 Å². The number of H-pyrrole nitrogens is 1. The number of nitrogens with zero attached hydrogens (tertiary/aromatic N) is 4. The summed E-state index contributed by atoms with van der Waals surface area (Å²) in [7, 11) is 0. The second-order valence-electron chi connectivity index (χ2n) is 10.5. The van der Waals surface area contributed by atoms with Gasteiger partial charge in [-0.3, -0.25) is 19.4 Å². The van der Waals surface area contributed by atoms with Crippen LogP contribution < -0.4 is 10.6 Å². The molecule has 2 atom stereocenters. The second-order valence-corrected chi connectivity index (χ2v) is 14.1. The number of hydrogen-bond acceptors (Lipinski definition) is 9. The highest BCUT2D eigenvalue weighted by Crippen LogP contribution is 2.51. The summed E-state index contributed by atoms with van der Waals surface area (Å²) in [4.78, 5) is 30.9. The van der Waals surface area contributed by atoms with Crippen LogP contribution in [0.25, 0.3) is 11.1 Å². The van der Waals surface area contributed by atoms with E-state index < -0.39 is 26.6 Å². The number of anilines is 1. The average Bonchev–Trinajstić information content (AvgIpc) is 3.83. The first kappa shape index (κ1) is 29.3. The maximum atomic E-state index is 15.4. The Bertz CT molecular complexity index is 1400. The van der Waals surface area contributed by atoms with E-state index in [2.05, 4.69) is 81.4 Å². The van der Waals surface area contributed by atoms with Crippen molar-refractivity contribution in [2.24, 2.45) is 17.8 Å². The number of hydrogen-bond donors (Lipinski definition) is 7. The van der Waals surface area contributed by atoms with Gasteiger partial charge in [0.25, 0.3) is 5.91 Å². The van der Waals surface area contributed by atoms with Crippen LogP contribution in [0.3, 0.4) is 0 Å². The molecule has 2 aliphatic rings. The fourth-order valence-electron chi connectivity index (χ4n) is 5.28. The summed E-state index contributed by atoms with van der Waals surface area (Å²) in [6.45, 7) is 4.18. The zero-order valence-corrected chi connectivity index (χ0v) is 25.6. The van der Waals surface area contributed by atoms with E-state index in [1.54, 1.807) is 23.9 Å². The highest BCUT2D eigenvalue weighted by atomic mass is 32.2. The quantitative estimate of drug-likeness (QED) is 0.0951. The Morgan fingerprint density at radius 2 is 1.85 bits per heavy atom. The van der Waals surface area contributed by atoms with Crippen LogP contribution in [0.4, 0.5) is 10.2 Å². The van der Waals surface area contributed by atoms with E-state index in [1.807, 2.05) is 6.92 Å².